The van der Waals surface area contributed by atoms with Gasteiger partial charge in [-0.25, -0.2) is 0 Å². The van der Waals surface area contributed by atoms with Crippen molar-refractivity contribution in [1.82, 2.24) is 0 Å². The third-order valence-electron chi connectivity index (χ3n) is 2.14. The Kier molecular flexibility index (Phi) is 4.94. The predicted molar refractivity (Wildman–Crippen MR) is 64.8 cm³/mol. The van der Waals surface area contributed by atoms with E-state index in [9.17, 15) is 10.1 Å². The lowest BCUT2D eigenvalue weighted by Crippen LogP contribution is -2.04. The van der Waals surface area contributed by atoms with Crippen molar-refractivity contribution in [3.8, 4) is 6.07 Å². The topological polar surface area (TPSA) is 87.2 Å². The Bertz CT molecular complexity index is 457. The van der Waals surface area contributed by atoms with E-state index in [1.807, 2.05) is 13.0 Å². The molecule has 0 saturated carbocycles. The van der Waals surface area contributed by atoms with Crippen LogP contribution in [0.2, 0.25) is 0 Å². The summed E-state index contributed by atoms with van der Waals surface area (Å²) in [6.07, 6.45) is 0. The zero-order valence-corrected chi connectivity index (χ0v) is 10.1. The molecular weight excluding hydrogens is 240 g/mol. The molecule has 1 rings (SSSR count). The zero-order valence-electron chi connectivity index (χ0n) is 9.29. The van der Waals surface area contributed by atoms with Crippen LogP contribution in [0.3, 0.4) is 0 Å². The highest BCUT2D eigenvalue weighted by Gasteiger charge is 2.20. The van der Waals surface area contributed by atoms with Gasteiger partial charge in [0.15, 0.2) is 0 Å². The van der Waals surface area contributed by atoms with Gasteiger partial charge in [0.05, 0.1) is 9.82 Å². The molecule has 0 radical (unpaired) electrons. The maximum Gasteiger partial charge on any atom is 0.300 e. The third-order valence-corrected chi connectivity index (χ3v) is 3.51. The fraction of sp³-hybridized carbons (Fsp3) is 0.364. The maximum absolute atomic E-state index is 10.9. The molecule has 6 heteroatoms. The summed E-state index contributed by atoms with van der Waals surface area (Å²) in [6.45, 7) is 1.89. The van der Waals surface area contributed by atoms with E-state index in [4.69, 9.17) is 10.4 Å². The largest absolute Gasteiger partial charge is 0.396 e. The lowest BCUT2D eigenvalue weighted by molar-refractivity contribution is -0.388. The molecular formula is C11H12N2O3S. The minimum Gasteiger partial charge on any atom is -0.396 e. The fourth-order valence-corrected chi connectivity index (χ4v) is 2.27. The molecule has 0 aliphatic heterocycles. The second-order valence-electron chi connectivity index (χ2n) is 3.62. The van der Waals surface area contributed by atoms with Crippen LogP contribution in [0.4, 0.5) is 5.69 Å². The molecule has 0 amide bonds. The van der Waals surface area contributed by atoms with E-state index < -0.39 is 4.92 Å². The van der Waals surface area contributed by atoms with E-state index in [-0.39, 0.29) is 23.8 Å². The molecule has 1 aromatic carbocycles. The van der Waals surface area contributed by atoms with Gasteiger partial charge in [0.1, 0.15) is 11.6 Å². The van der Waals surface area contributed by atoms with Crippen LogP contribution >= 0.6 is 11.8 Å². The summed E-state index contributed by atoms with van der Waals surface area (Å²) < 4.78 is 0. The lowest BCUT2D eigenvalue weighted by Gasteiger charge is -2.07. The van der Waals surface area contributed by atoms with Crippen molar-refractivity contribution in [2.24, 2.45) is 5.92 Å². The Hall–Kier alpha value is -1.58. The molecule has 1 unspecified atom stereocenters. The first-order valence-corrected chi connectivity index (χ1v) is 5.99. The van der Waals surface area contributed by atoms with Gasteiger partial charge >= 0.3 is 5.69 Å². The average molecular weight is 252 g/mol. The summed E-state index contributed by atoms with van der Waals surface area (Å²) in [4.78, 5) is 10.8. The van der Waals surface area contributed by atoms with E-state index in [1.165, 1.54) is 17.8 Å². The summed E-state index contributed by atoms with van der Waals surface area (Å²) in [5.41, 5.74) is -0.0817. The SMILES string of the molecule is CC(CO)CSc1cccc(C#N)c1[N+](=O)[O-]. The van der Waals surface area contributed by atoms with Crippen LogP contribution in [0, 0.1) is 27.4 Å². The molecule has 0 fully saturated rings. The van der Waals surface area contributed by atoms with Crippen LogP contribution < -0.4 is 0 Å². The normalized spacial score (nSPS) is 11.8. The number of hydrogen-bond acceptors (Lipinski definition) is 5. The van der Waals surface area contributed by atoms with Gasteiger partial charge in [-0.15, -0.1) is 11.8 Å². The smallest absolute Gasteiger partial charge is 0.300 e. The minimum atomic E-state index is -0.537. The minimum absolute atomic E-state index is 0.0404. The number of thioether (sulfide) groups is 1. The molecule has 90 valence electrons. The van der Waals surface area contributed by atoms with Crippen LogP contribution in [0.5, 0.6) is 0 Å². The van der Waals surface area contributed by atoms with E-state index in [1.54, 1.807) is 12.1 Å². The molecule has 0 spiro atoms. The lowest BCUT2D eigenvalue weighted by atomic mass is 10.2. The molecule has 0 aliphatic carbocycles. The number of hydrogen-bond donors (Lipinski definition) is 1. The number of nitriles is 1. The van der Waals surface area contributed by atoms with Crippen molar-refractivity contribution in [3.05, 3.63) is 33.9 Å². The first kappa shape index (κ1) is 13.5. The average Bonchev–Trinajstić information content (AvgIpc) is 2.34. The van der Waals surface area contributed by atoms with Gasteiger partial charge in [0.2, 0.25) is 0 Å². The third kappa shape index (κ3) is 3.44. The Morgan fingerprint density at radius 3 is 2.88 bits per heavy atom. The van der Waals surface area contributed by atoms with Gasteiger partial charge in [0, 0.05) is 12.4 Å². The van der Waals surface area contributed by atoms with Crippen LogP contribution in [0.1, 0.15) is 12.5 Å². The quantitative estimate of drug-likeness (QED) is 0.493. The van der Waals surface area contributed by atoms with Crippen molar-refractivity contribution < 1.29 is 10.0 Å². The van der Waals surface area contributed by atoms with Gasteiger partial charge < -0.3 is 5.11 Å². The van der Waals surface area contributed by atoms with Gasteiger partial charge in [-0.05, 0) is 18.1 Å². The predicted octanol–water partition coefficient (Wildman–Crippen LogP) is 2.19. The number of para-hydroxylation sites is 1. The number of benzene rings is 1. The highest BCUT2D eigenvalue weighted by molar-refractivity contribution is 7.99. The molecule has 17 heavy (non-hydrogen) atoms. The van der Waals surface area contributed by atoms with E-state index in [0.717, 1.165) is 0 Å². The summed E-state index contributed by atoms with van der Waals surface area (Å²) in [6, 6.07) is 6.48. The van der Waals surface area contributed by atoms with Gasteiger partial charge in [0.25, 0.3) is 0 Å². The number of nitro benzene ring substituents is 1. The Labute approximate surface area is 103 Å². The molecule has 0 bridgehead atoms. The van der Waals surface area contributed by atoms with Crippen molar-refractivity contribution in [3.63, 3.8) is 0 Å². The summed E-state index contributed by atoms with van der Waals surface area (Å²) >= 11 is 1.28. The second-order valence-corrected chi connectivity index (χ2v) is 4.68. The van der Waals surface area contributed by atoms with Crippen molar-refractivity contribution in [2.45, 2.75) is 11.8 Å². The van der Waals surface area contributed by atoms with Crippen molar-refractivity contribution >= 4 is 17.4 Å². The molecule has 1 N–H and O–H groups in total. The van der Waals surface area contributed by atoms with E-state index in [2.05, 4.69) is 0 Å². The van der Waals surface area contributed by atoms with E-state index >= 15 is 0 Å². The molecule has 0 heterocycles. The van der Waals surface area contributed by atoms with Gasteiger partial charge in [-0.1, -0.05) is 13.0 Å². The number of aliphatic hydroxyl groups excluding tert-OH is 1. The molecule has 0 aromatic heterocycles. The summed E-state index contributed by atoms with van der Waals surface area (Å²) in [7, 11) is 0. The number of aliphatic hydroxyl groups is 1. The zero-order chi connectivity index (χ0) is 12.8. The molecule has 1 atom stereocenters. The Balaban J connectivity index is 2.99. The van der Waals surface area contributed by atoms with Crippen molar-refractivity contribution in [1.29, 1.82) is 5.26 Å². The van der Waals surface area contributed by atoms with Crippen molar-refractivity contribution in [2.75, 3.05) is 12.4 Å². The maximum atomic E-state index is 10.9. The second kappa shape index (κ2) is 6.23. The van der Waals surface area contributed by atoms with Crippen LogP contribution in [-0.4, -0.2) is 22.4 Å². The Morgan fingerprint density at radius 2 is 2.35 bits per heavy atom. The first-order chi connectivity index (χ1) is 8.10. The molecule has 1 aromatic rings. The van der Waals surface area contributed by atoms with Crippen LogP contribution in [-0.2, 0) is 0 Å². The molecule has 5 nitrogen and oxygen atoms in total. The first-order valence-electron chi connectivity index (χ1n) is 5.01. The van der Waals surface area contributed by atoms with Gasteiger partial charge in [-0.3, -0.25) is 10.1 Å². The van der Waals surface area contributed by atoms with Crippen LogP contribution in [0.25, 0.3) is 0 Å². The highest BCUT2D eigenvalue weighted by atomic mass is 32.2. The molecule has 0 aliphatic rings. The number of nitrogens with zero attached hydrogens (tertiary/aromatic N) is 2. The standard InChI is InChI=1S/C11H12N2O3S/c1-8(6-14)7-17-10-4-2-3-9(5-12)11(10)13(15)16/h2-4,8,14H,6-7H2,1H3. The van der Waals surface area contributed by atoms with Crippen LogP contribution in [0.15, 0.2) is 23.1 Å². The highest BCUT2D eigenvalue weighted by Crippen LogP contribution is 2.32. The van der Waals surface area contributed by atoms with E-state index in [0.29, 0.717) is 10.6 Å². The van der Waals surface area contributed by atoms with Gasteiger partial charge in [-0.2, -0.15) is 5.26 Å². The Morgan fingerprint density at radius 1 is 1.65 bits per heavy atom. The molecule has 0 saturated heterocycles. The fourth-order valence-electron chi connectivity index (χ4n) is 1.20. The monoisotopic (exact) mass is 252 g/mol. The summed E-state index contributed by atoms with van der Waals surface area (Å²) in [5.74, 6) is 0.636. The summed E-state index contributed by atoms with van der Waals surface area (Å²) in [5, 5.41) is 28.6. The number of rotatable bonds is 5. The number of nitro groups is 1.